The average Bonchev–Trinajstić information content (AvgIpc) is 1.87. The highest BCUT2D eigenvalue weighted by atomic mass is 35.7. The van der Waals surface area contributed by atoms with Crippen molar-refractivity contribution in [2.45, 2.75) is 26.7 Å². The van der Waals surface area contributed by atoms with Crippen LogP contribution in [0, 0.1) is 0 Å². The van der Waals surface area contributed by atoms with Gasteiger partial charge in [0.25, 0.3) is 0 Å². The Bertz CT molecular complexity index is 143. The van der Waals surface area contributed by atoms with Crippen LogP contribution in [0.5, 0.6) is 0 Å². The molecule has 0 N–H and O–H groups in total. The fourth-order valence-electron chi connectivity index (χ4n) is 0.509. The number of unbranched alkanes of at least 4 members (excludes halogenated alkanes) is 1. The fraction of sp³-hybridized carbons (Fsp3) is 1.00. The van der Waals surface area contributed by atoms with Crippen LogP contribution in [0.15, 0.2) is 0 Å². The molecule has 0 spiro atoms. The van der Waals surface area contributed by atoms with Crippen LogP contribution in [-0.4, -0.2) is 12.4 Å². The fourth-order valence-corrected chi connectivity index (χ4v) is 4.87. The molecule has 1 unspecified atom stereocenters. The first kappa shape index (κ1) is 12.2. The van der Waals surface area contributed by atoms with E-state index >= 15 is 0 Å². The van der Waals surface area contributed by atoms with Crippen molar-refractivity contribution in [1.82, 2.24) is 0 Å². The summed E-state index contributed by atoms with van der Waals surface area (Å²) in [6.07, 6.45) is 2.18. The largest absolute Gasteiger partial charge is 0.330 e. The zero-order valence-corrected chi connectivity index (χ0v) is 10.2. The van der Waals surface area contributed by atoms with E-state index in [4.69, 9.17) is 27.6 Å². The molecule has 0 aliphatic heterocycles. The summed E-state index contributed by atoms with van der Waals surface area (Å²) in [6.45, 7) is 4.87. The summed E-state index contributed by atoms with van der Waals surface area (Å²) >= 11 is 12.6. The number of rotatable bonds is 6. The second kappa shape index (κ2) is 6.73. The van der Waals surface area contributed by atoms with Crippen LogP contribution in [-0.2, 0) is 16.3 Å². The summed E-state index contributed by atoms with van der Waals surface area (Å²) in [5.41, 5.74) is 0. The number of hydrogen-bond acceptors (Lipinski definition) is 3. The molecule has 0 aromatic rings. The number of halogens is 1. The van der Waals surface area contributed by atoms with Gasteiger partial charge in [-0.15, -0.1) is 0 Å². The Hall–Kier alpha value is 1.25. The van der Waals surface area contributed by atoms with E-state index in [2.05, 4.69) is 6.92 Å². The predicted molar refractivity (Wildman–Crippen MR) is 59.1 cm³/mol. The van der Waals surface area contributed by atoms with Crippen molar-refractivity contribution in [1.29, 1.82) is 0 Å². The molecule has 0 radical (unpaired) electrons. The van der Waals surface area contributed by atoms with Gasteiger partial charge in [0.15, 0.2) is 0 Å². The van der Waals surface area contributed by atoms with Crippen LogP contribution in [0.1, 0.15) is 26.7 Å². The highest BCUT2D eigenvalue weighted by molar-refractivity contribution is 8.76. The van der Waals surface area contributed by atoms with Gasteiger partial charge in [-0.3, -0.25) is 0 Å². The van der Waals surface area contributed by atoms with Crippen LogP contribution in [0.25, 0.3) is 0 Å². The normalized spacial score (nSPS) is 16.3. The standard InChI is InChI=1S/C6H14ClOPS2/c1-3-5-6-8-9(7,10)11-4-2/h3-6H2,1-2H3. The quantitative estimate of drug-likeness (QED) is 0.506. The smallest absolute Gasteiger partial charge is 0.207 e. The summed E-state index contributed by atoms with van der Waals surface area (Å²) in [6, 6.07) is 0. The molecule has 0 aromatic heterocycles. The van der Waals surface area contributed by atoms with Crippen molar-refractivity contribution in [2.75, 3.05) is 12.4 Å². The summed E-state index contributed by atoms with van der Waals surface area (Å²) in [7, 11) is 0. The first-order valence-corrected chi connectivity index (χ1v) is 8.92. The maximum Gasteiger partial charge on any atom is 0.207 e. The zero-order chi connectivity index (χ0) is 8.74. The molecule has 0 aliphatic rings. The minimum atomic E-state index is -2.00. The molecule has 0 heterocycles. The van der Waals surface area contributed by atoms with E-state index in [0.29, 0.717) is 6.61 Å². The van der Waals surface area contributed by atoms with Crippen LogP contribution in [0.2, 0.25) is 0 Å². The van der Waals surface area contributed by atoms with E-state index < -0.39 is 4.82 Å². The van der Waals surface area contributed by atoms with E-state index in [1.165, 1.54) is 0 Å². The van der Waals surface area contributed by atoms with Gasteiger partial charge in [-0.2, -0.15) is 0 Å². The third-order valence-corrected chi connectivity index (χ3v) is 6.54. The Morgan fingerprint density at radius 2 is 2.18 bits per heavy atom. The van der Waals surface area contributed by atoms with E-state index in [1.807, 2.05) is 6.92 Å². The Morgan fingerprint density at radius 3 is 2.64 bits per heavy atom. The molecule has 0 amide bonds. The summed E-state index contributed by atoms with van der Waals surface area (Å²) in [5.74, 6) is 0.937. The van der Waals surface area contributed by atoms with Gasteiger partial charge in [0.05, 0.1) is 6.61 Å². The topological polar surface area (TPSA) is 9.23 Å². The molecular weight excluding hydrogens is 219 g/mol. The molecule has 68 valence electrons. The van der Waals surface area contributed by atoms with Gasteiger partial charge in [-0.25, -0.2) is 0 Å². The molecule has 5 heteroatoms. The van der Waals surface area contributed by atoms with Gasteiger partial charge < -0.3 is 4.52 Å². The van der Waals surface area contributed by atoms with Crippen LogP contribution in [0.4, 0.5) is 0 Å². The Kier molecular flexibility index (Phi) is 7.50. The van der Waals surface area contributed by atoms with Crippen LogP contribution in [0.3, 0.4) is 0 Å². The van der Waals surface area contributed by atoms with Crippen molar-refractivity contribution in [3.8, 4) is 0 Å². The molecule has 0 rings (SSSR count). The predicted octanol–water partition coefficient (Wildman–Crippen LogP) is 4.02. The molecule has 1 nitrogen and oxygen atoms in total. The Morgan fingerprint density at radius 1 is 1.55 bits per heavy atom. The second-order valence-electron chi connectivity index (χ2n) is 2.04. The lowest BCUT2D eigenvalue weighted by atomic mass is 10.4. The molecule has 0 aromatic carbocycles. The highest BCUT2D eigenvalue weighted by Crippen LogP contribution is 2.64. The van der Waals surface area contributed by atoms with Gasteiger partial charge in [0.2, 0.25) is 4.82 Å². The van der Waals surface area contributed by atoms with Gasteiger partial charge in [-0.05, 0) is 35.2 Å². The first-order chi connectivity index (χ1) is 5.12. The van der Waals surface area contributed by atoms with Crippen LogP contribution < -0.4 is 0 Å². The van der Waals surface area contributed by atoms with E-state index in [9.17, 15) is 0 Å². The third kappa shape index (κ3) is 7.61. The molecule has 11 heavy (non-hydrogen) atoms. The Labute approximate surface area is 82.9 Å². The number of hydrogen-bond donors (Lipinski definition) is 0. The zero-order valence-electron chi connectivity index (χ0n) is 6.88. The minimum Gasteiger partial charge on any atom is -0.330 e. The second-order valence-corrected chi connectivity index (χ2v) is 11.2. The maximum atomic E-state index is 5.94. The molecule has 0 aliphatic carbocycles. The average molecular weight is 233 g/mol. The van der Waals surface area contributed by atoms with Crippen LogP contribution >= 0.6 is 27.4 Å². The van der Waals surface area contributed by atoms with Crippen molar-refractivity contribution in [3.63, 3.8) is 0 Å². The first-order valence-electron chi connectivity index (χ1n) is 3.71. The molecule has 0 bridgehead atoms. The molecule has 0 saturated heterocycles. The van der Waals surface area contributed by atoms with Gasteiger partial charge >= 0.3 is 0 Å². The van der Waals surface area contributed by atoms with Crippen molar-refractivity contribution >= 4 is 39.2 Å². The highest BCUT2D eigenvalue weighted by Gasteiger charge is 2.12. The SMILES string of the molecule is CCCCOP(=S)(Cl)SCC. The molecular formula is C6H14ClOPS2. The lowest BCUT2D eigenvalue weighted by Crippen LogP contribution is -1.86. The molecule has 1 atom stereocenters. The maximum absolute atomic E-state index is 5.94. The van der Waals surface area contributed by atoms with Crippen molar-refractivity contribution in [2.24, 2.45) is 0 Å². The van der Waals surface area contributed by atoms with Gasteiger partial charge in [0.1, 0.15) is 0 Å². The van der Waals surface area contributed by atoms with E-state index in [1.54, 1.807) is 11.4 Å². The summed E-state index contributed by atoms with van der Waals surface area (Å²) in [4.78, 5) is -2.00. The lowest BCUT2D eigenvalue weighted by Gasteiger charge is -2.12. The van der Waals surface area contributed by atoms with Crippen molar-refractivity contribution < 1.29 is 4.52 Å². The van der Waals surface area contributed by atoms with Crippen molar-refractivity contribution in [3.05, 3.63) is 0 Å². The van der Waals surface area contributed by atoms with Gasteiger partial charge in [0, 0.05) is 0 Å². The summed E-state index contributed by atoms with van der Waals surface area (Å²) in [5, 5.41) is 0. The van der Waals surface area contributed by atoms with E-state index in [0.717, 1.165) is 18.6 Å². The third-order valence-electron chi connectivity index (χ3n) is 1.03. The lowest BCUT2D eigenvalue weighted by molar-refractivity contribution is 0.354. The molecule has 0 fully saturated rings. The molecule has 0 saturated carbocycles. The monoisotopic (exact) mass is 232 g/mol. The van der Waals surface area contributed by atoms with E-state index in [-0.39, 0.29) is 0 Å². The van der Waals surface area contributed by atoms with Gasteiger partial charge in [-0.1, -0.05) is 31.7 Å². The minimum absolute atomic E-state index is 0.713. The summed E-state index contributed by atoms with van der Waals surface area (Å²) < 4.78 is 5.36. The Balaban J connectivity index is 3.47.